The van der Waals surface area contributed by atoms with Crippen molar-refractivity contribution in [1.29, 1.82) is 0 Å². The Labute approximate surface area is 227 Å². The quantitative estimate of drug-likeness (QED) is 0.375. The number of nitrogens with zero attached hydrogens (tertiary/aromatic N) is 2. The lowest BCUT2D eigenvalue weighted by molar-refractivity contribution is -0.125. The van der Waals surface area contributed by atoms with Gasteiger partial charge in [-0.2, -0.15) is 0 Å². The van der Waals surface area contributed by atoms with Gasteiger partial charge in [-0.05, 0) is 49.2 Å². The third kappa shape index (κ3) is 3.29. The van der Waals surface area contributed by atoms with Crippen LogP contribution in [0.3, 0.4) is 0 Å². The van der Waals surface area contributed by atoms with Crippen LogP contribution < -0.4 is 5.32 Å². The molecule has 1 aliphatic carbocycles. The van der Waals surface area contributed by atoms with Crippen LogP contribution in [0.2, 0.25) is 10.0 Å². The molecule has 0 unspecified atom stereocenters. The second-order valence-corrected chi connectivity index (χ2v) is 11.8. The summed E-state index contributed by atoms with van der Waals surface area (Å²) in [7, 11) is 1.96. The van der Waals surface area contributed by atoms with E-state index < -0.39 is 34.7 Å². The number of carbonyl (C=O) groups excluding carboxylic acids is 1. The highest BCUT2D eigenvalue weighted by atomic mass is 35.5. The van der Waals surface area contributed by atoms with Crippen LogP contribution in [0.25, 0.3) is 0 Å². The van der Waals surface area contributed by atoms with Gasteiger partial charge in [0.1, 0.15) is 16.2 Å². The van der Waals surface area contributed by atoms with Crippen molar-refractivity contribution in [1.82, 2.24) is 9.88 Å². The molecule has 0 radical (unpaired) electrons. The Hall–Kier alpha value is -2.52. The number of carbonyl (C=O) groups is 2. The molecule has 1 saturated heterocycles. The average Bonchev–Trinajstić information content (AvgIpc) is 3.52. The summed E-state index contributed by atoms with van der Waals surface area (Å²) in [5.41, 5.74) is -0.190. The van der Waals surface area contributed by atoms with Gasteiger partial charge in [-0.15, -0.1) is 11.3 Å². The Kier molecular flexibility index (Phi) is 5.87. The molecule has 2 aromatic carbocycles. The normalized spacial score (nSPS) is 26.5. The van der Waals surface area contributed by atoms with E-state index >= 15 is 4.39 Å². The molecular formula is C27H24Cl2FN3O3S. The number of carboxylic acids is 1. The summed E-state index contributed by atoms with van der Waals surface area (Å²) >= 11 is 13.8. The van der Waals surface area contributed by atoms with Gasteiger partial charge in [0.2, 0.25) is 5.91 Å². The first-order chi connectivity index (χ1) is 17.7. The fourth-order valence-corrected chi connectivity index (χ4v) is 8.57. The van der Waals surface area contributed by atoms with Gasteiger partial charge < -0.3 is 10.4 Å². The predicted octanol–water partition coefficient (Wildman–Crippen LogP) is 6.65. The van der Waals surface area contributed by atoms with Crippen molar-refractivity contribution in [3.8, 4) is 0 Å². The van der Waals surface area contributed by atoms with Gasteiger partial charge in [0.15, 0.2) is 5.69 Å². The van der Waals surface area contributed by atoms with Crippen molar-refractivity contribution in [3.63, 3.8) is 0 Å². The third-order valence-electron chi connectivity index (χ3n) is 8.61. The van der Waals surface area contributed by atoms with Crippen LogP contribution in [0, 0.1) is 5.82 Å². The molecule has 1 saturated carbocycles. The first-order valence-corrected chi connectivity index (χ1v) is 13.8. The minimum atomic E-state index is -1.17. The number of anilines is 1. The first kappa shape index (κ1) is 24.8. The van der Waals surface area contributed by atoms with Gasteiger partial charge in [-0.25, -0.2) is 14.2 Å². The fourth-order valence-electron chi connectivity index (χ4n) is 7.25. The zero-order valence-electron chi connectivity index (χ0n) is 19.9. The number of hydrogen-bond acceptors (Lipinski definition) is 5. The maximum Gasteiger partial charge on any atom is 0.355 e. The van der Waals surface area contributed by atoms with Gasteiger partial charge in [0.25, 0.3) is 0 Å². The third-order valence-corrected chi connectivity index (χ3v) is 10.1. The maximum atomic E-state index is 15.9. The largest absolute Gasteiger partial charge is 0.476 e. The highest BCUT2D eigenvalue weighted by Crippen LogP contribution is 2.69. The lowest BCUT2D eigenvalue weighted by atomic mass is 9.55. The van der Waals surface area contributed by atoms with E-state index in [1.807, 2.05) is 13.1 Å². The molecule has 0 bridgehead atoms. The molecule has 1 amide bonds. The predicted molar refractivity (Wildman–Crippen MR) is 141 cm³/mol. The highest BCUT2D eigenvalue weighted by Gasteiger charge is 2.74. The average molecular weight is 560 g/mol. The molecule has 2 aliphatic heterocycles. The Morgan fingerprint density at radius 2 is 1.97 bits per heavy atom. The number of amides is 1. The van der Waals surface area contributed by atoms with Crippen molar-refractivity contribution >= 4 is 52.1 Å². The number of hydrogen-bond donors (Lipinski definition) is 2. The summed E-state index contributed by atoms with van der Waals surface area (Å²) in [5.74, 6) is -2.63. The number of aromatic carboxylic acids is 1. The molecule has 2 fully saturated rings. The van der Waals surface area contributed by atoms with Gasteiger partial charge in [-0.3, -0.25) is 9.69 Å². The van der Waals surface area contributed by atoms with E-state index in [9.17, 15) is 14.7 Å². The summed E-state index contributed by atoms with van der Waals surface area (Å²) in [5, 5.41) is 15.2. The summed E-state index contributed by atoms with van der Waals surface area (Å²) in [6.07, 6.45) is 4.33. The minimum absolute atomic E-state index is 0.0289. The number of benzene rings is 2. The molecule has 6 nitrogen and oxygen atoms in total. The second kappa shape index (κ2) is 8.76. The molecule has 3 aliphatic rings. The molecule has 1 aromatic heterocycles. The Bertz CT molecular complexity index is 1440. The number of halogens is 3. The van der Waals surface area contributed by atoms with Crippen molar-refractivity contribution in [2.45, 2.75) is 55.0 Å². The molecule has 3 heterocycles. The van der Waals surface area contributed by atoms with Crippen LogP contribution in [-0.2, 0) is 10.2 Å². The highest BCUT2D eigenvalue weighted by molar-refractivity contribution is 7.09. The van der Waals surface area contributed by atoms with Crippen molar-refractivity contribution < 1.29 is 19.1 Å². The zero-order valence-corrected chi connectivity index (χ0v) is 22.3. The molecule has 3 aromatic rings. The van der Waals surface area contributed by atoms with E-state index in [-0.39, 0.29) is 16.6 Å². The van der Waals surface area contributed by atoms with E-state index in [2.05, 4.69) is 15.2 Å². The summed E-state index contributed by atoms with van der Waals surface area (Å²) < 4.78 is 15.9. The van der Waals surface area contributed by atoms with Gasteiger partial charge in [0, 0.05) is 27.5 Å². The van der Waals surface area contributed by atoms with Gasteiger partial charge in [-0.1, -0.05) is 60.7 Å². The van der Waals surface area contributed by atoms with E-state index in [0.29, 0.717) is 21.3 Å². The van der Waals surface area contributed by atoms with Gasteiger partial charge in [0.05, 0.1) is 11.1 Å². The summed E-state index contributed by atoms with van der Waals surface area (Å²) in [4.78, 5) is 32.8. The fraction of sp³-hybridized carbons (Fsp3) is 0.370. The molecule has 2 N–H and O–H groups in total. The number of aromatic nitrogens is 1. The molecule has 192 valence electrons. The van der Waals surface area contributed by atoms with Crippen LogP contribution in [0.5, 0.6) is 0 Å². The Morgan fingerprint density at radius 1 is 1.22 bits per heavy atom. The van der Waals surface area contributed by atoms with E-state index in [0.717, 1.165) is 37.7 Å². The topological polar surface area (TPSA) is 82.5 Å². The molecule has 2 spiro atoms. The summed E-state index contributed by atoms with van der Waals surface area (Å²) in [6, 6.07) is 9.69. The summed E-state index contributed by atoms with van der Waals surface area (Å²) in [6.45, 7) is 0. The number of likely N-dealkylation sites (N-methyl/N-ethyl adjacent to an activating group) is 1. The number of fused-ring (bicyclic) bond motifs is 3. The van der Waals surface area contributed by atoms with E-state index in [4.69, 9.17) is 23.2 Å². The zero-order chi connectivity index (χ0) is 26.1. The molecular weight excluding hydrogens is 536 g/mol. The van der Waals surface area contributed by atoms with E-state index in [1.54, 1.807) is 24.3 Å². The van der Waals surface area contributed by atoms with Crippen LogP contribution >= 0.6 is 34.5 Å². The van der Waals surface area contributed by atoms with Crippen LogP contribution in [0.4, 0.5) is 10.1 Å². The van der Waals surface area contributed by atoms with Crippen molar-refractivity contribution in [3.05, 3.63) is 79.5 Å². The number of nitrogens with one attached hydrogen (secondary N) is 1. The van der Waals surface area contributed by atoms with Crippen LogP contribution in [0.1, 0.15) is 70.7 Å². The van der Waals surface area contributed by atoms with Crippen molar-refractivity contribution in [2.75, 3.05) is 12.4 Å². The molecule has 37 heavy (non-hydrogen) atoms. The van der Waals surface area contributed by atoms with E-state index in [1.165, 1.54) is 22.8 Å². The maximum absolute atomic E-state index is 15.9. The number of carboxylic acid groups (broad SMARTS) is 1. The Morgan fingerprint density at radius 3 is 2.68 bits per heavy atom. The Balaban J connectivity index is 1.71. The SMILES string of the molecule is CN1[C@@H](c2nc(C(=O)O)cs2)[C@H](c2cccc(Cl)c2F)[C@]2(C(=O)Nc3cc(Cl)ccc32)C12CCCCC2. The first-order valence-electron chi connectivity index (χ1n) is 12.2. The van der Waals surface area contributed by atoms with Gasteiger partial charge >= 0.3 is 5.97 Å². The smallest absolute Gasteiger partial charge is 0.355 e. The second-order valence-electron chi connectivity index (χ2n) is 10.1. The minimum Gasteiger partial charge on any atom is -0.476 e. The number of thiazole rings is 1. The standard InChI is InChI=1S/C27H24Cl2FN3O3S/c1-33-22(23-31-19(13-37-23)24(34)35)20(15-6-5-7-17(29)21(15)30)27(26(33)10-3-2-4-11-26)16-9-8-14(28)12-18(16)32-25(27)36/h5-9,12-13,20,22H,2-4,10-11H2,1H3,(H,32,36)(H,34,35)/t20-,22+,27+/m0/s1. The lowest BCUT2D eigenvalue weighted by Gasteiger charge is -2.50. The molecule has 3 atom stereocenters. The number of rotatable bonds is 3. The van der Waals surface area contributed by atoms with Crippen LogP contribution in [-0.4, -0.2) is 39.5 Å². The monoisotopic (exact) mass is 559 g/mol. The molecule has 10 heteroatoms. The van der Waals surface area contributed by atoms with Crippen LogP contribution in [0.15, 0.2) is 41.8 Å². The van der Waals surface area contributed by atoms with Crippen molar-refractivity contribution in [2.24, 2.45) is 0 Å². The number of likely N-dealkylation sites (tertiary alicyclic amines) is 1. The lowest BCUT2D eigenvalue weighted by Crippen LogP contribution is -2.60. The molecule has 6 rings (SSSR count).